The second-order valence-electron chi connectivity index (χ2n) is 5.27. The first-order valence-electron chi connectivity index (χ1n) is 6.31. The monoisotopic (exact) mass is 226 g/mol. The smallest absolute Gasteiger partial charge is 0.239 e. The van der Waals surface area contributed by atoms with Gasteiger partial charge in [-0.3, -0.25) is 4.79 Å². The number of likely N-dealkylation sites (N-methyl/N-ethyl adjacent to an activating group) is 1. The summed E-state index contributed by atoms with van der Waals surface area (Å²) >= 11 is 0. The van der Waals surface area contributed by atoms with E-state index in [9.17, 15) is 9.90 Å². The number of aliphatic hydroxyl groups is 1. The van der Waals surface area contributed by atoms with Crippen molar-refractivity contribution in [1.82, 2.24) is 10.2 Å². The number of nitrogens with one attached hydrogen (secondary N) is 1. The molecule has 0 aromatic carbocycles. The number of nitrogens with zero attached hydrogens (tertiary/aromatic N) is 1. The minimum atomic E-state index is -0.570. The van der Waals surface area contributed by atoms with Crippen LogP contribution in [-0.4, -0.2) is 47.7 Å². The minimum absolute atomic E-state index is 0.0732. The van der Waals surface area contributed by atoms with Crippen molar-refractivity contribution < 1.29 is 9.90 Å². The van der Waals surface area contributed by atoms with Gasteiger partial charge < -0.3 is 15.3 Å². The summed E-state index contributed by atoms with van der Waals surface area (Å²) in [5.41, 5.74) is -0.570. The van der Waals surface area contributed by atoms with Crippen LogP contribution in [0.1, 0.15) is 38.5 Å². The van der Waals surface area contributed by atoms with Gasteiger partial charge in [-0.15, -0.1) is 0 Å². The standard InChI is InChI=1S/C12H22N2O2/c1-14-8-5-10(11(14)15)13-9-12(16)6-3-2-4-7-12/h10,13,16H,2-9H2,1H3. The highest BCUT2D eigenvalue weighted by molar-refractivity contribution is 5.83. The predicted octanol–water partition coefficient (Wildman–Crippen LogP) is 0.502. The van der Waals surface area contributed by atoms with Crippen LogP contribution in [0.4, 0.5) is 0 Å². The van der Waals surface area contributed by atoms with Crippen LogP contribution in [0, 0.1) is 0 Å². The molecule has 1 aliphatic carbocycles. The van der Waals surface area contributed by atoms with Gasteiger partial charge in [0, 0.05) is 20.1 Å². The average molecular weight is 226 g/mol. The van der Waals surface area contributed by atoms with Crippen molar-refractivity contribution in [3.8, 4) is 0 Å². The third-order valence-electron chi connectivity index (χ3n) is 3.89. The predicted molar refractivity (Wildman–Crippen MR) is 62.1 cm³/mol. The minimum Gasteiger partial charge on any atom is -0.389 e. The van der Waals surface area contributed by atoms with E-state index in [1.165, 1.54) is 6.42 Å². The van der Waals surface area contributed by atoms with Crippen LogP contribution in [0.25, 0.3) is 0 Å². The fourth-order valence-electron chi connectivity index (χ4n) is 2.71. The normalized spacial score (nSPS) is 29.8. The summed E-state index contributed by atoms with van der Waals surface area (Å²) in [6, 6.07) is -0.0732. The van der Waals surface area contributed by atoms with Gasteiger partial charge in [-0.2, -0.15) is 0 Å². The average Bonchev–Trinajstić information content (AvgIpc) is 2.58. The summed E-state index contributed by atoms with van der Waals surface area (Å²) in [7, 11) is 1.83. The lowest BCUT2D eigenvalue weighted by Gasteiger charge is -2.33. The molecule has 1 saturated carbocycles. The zero-order valence-corrected chi connectivity index (χ0v) is 10.0. The SMILES string of the molecule is CN1CCC(NCC2(O)CCCCC2)C1=O. The van der Waals surface area contributed by atoms with Gasteiger partial charge in [0.1, 0.15) is 0 Å². The highest BCUT2D eigenvalue weighted by Crippen LogP contribution is 2.27. The first-order chi connectivity index (χ1) is 7.61. The third kappa shape index (κ3) is 2.55. The molecule has 0 aromatic rings. The molecule has 1 amide bonds. The van der Waals surface area contributed by atoms with E-state index in [2.05, 4.69) is 5.32 Å². The Balaban J connectivity index is 1.80. The van der Waals surface area contributed by atoms with Gasteiger partial charge >= 0.3 is 0 Å². The Labute approximate surface area is 97.0 Å². The van der Waals surface area contributed by atoms with Crippen molar-refractivity contribution in [3.63, 3.8) is 0 Å². The van der Waals surface area contributed by atoms with E-state index < -0.39 is 5.60 Å². The molecule has 0 spiro atoms. The summed E-state index contributed by atoms with van der Waals surface area (Å²) in [5.74, 6) is 0.166. The number of carbonyl (C=O) groups is 1. The van der Waals surface area contributed by atoms with Crippen LogP contribution in [0.2, 0.25) is 0 Å². The highest BCUT2D eigenvalue weighted by Gasteiger charge is 2.33. The van der Waals surface area contributed by atoms with E-state index in [-0.39, 0.29) is 11.9 Å². The third-order valence-corrected chi connectivity index (χ3v) is 3.89. The Bertz CT molecular complexity index is 262. The first-order valence-corrected chi connectivity index (χ1v) is 6.31. The molecule has 1 aliphatic heterocycles. The number of rotatable bonds is 3. The van der Waals surface area contributed by atoms with E-state index >= 15 is 0 Å². The number of hydrogen-bond acceptors (Lipinski definition) is 3. The quantitative estimate of drug-likeness (QED) is 0.737. The Morgan fingerprint density at radius 3 is 2.69 bits per heavy atom. The molecule has 4 heteroatoms. The van der Waals surface area contributed by atoms with Crippen LogP contribution in [0.5, 0.6) is 0 Å². The molecule has 1 unspecified atom stereocenters. The fourth-order valence-corrected chi connectivity index (χ4v) is 2.71. The van der Waals surface area contributed by atoms with Crippen molar-refractivity contribution in [2.75, 3.05) is 20.1 Å². The number of likely N-dealkylation sites (tertiary alicyclic amines) is 1. The maximum Gasteiger partial charge on any atom is 0.239 e. The number of amides is 1. The molecule has 2 fully saturated rings. The van der Waals surface area contributed by atoms with Crippen LogP contribution in [-0.2, 0) is 4.79 Å². The second kappa shape index (κ2) is 4.72. The van der Waals surface area contributed by atoms with Gasteiger partial charge in [-0.05, 0) is 19.3 Å². The maximum absolute atomic E-state index is 11.7. The molecule has 0 bridgehead atoms. The van der Waals surface area contributed by atoms with Gasteiger partial charge in [-0.1, -0.05) is 19.3 Å². The van der Waals surface area contributed by atoms with Gasteiger partial charge in [-0.25, -0.2) is 0 Å². The van der Waals surface area contributed by atoms with Crippen molar-refractivity contribution in [3.05, 3.63) is 0 Å². The fraction of sp³-hybridized carbons (Fsp3) is 0.917. The first kappa shape index (κ1) is 11.9. The summed E-state index contributed by atoms with van der Waals surface area (Å²) < 4.78 is 0. The lowest BCUT2D eigenvalue weighted by atomic mass is 9.85. The number of carbonyl (C=O) groups excluding carboxylic acids is 1. The largest absolute Gasteiger partial charge is 0.389 e. The number of hydrogen-bond donors (Lipinski definition) is 2. The van der Waals surface area contributed by atoms with Gasteiger partial charge in [0.15, 0.2) is 0 Å². The molecule has 2 rings (SSSR count). The van der Waals surface area contributed by atoms with E-state index in [0.717, 1.165) is 38.6 Å². The van der Waals surface area contributed by atoms with Crippen molar-refractivity contribution >= 4 is 5.91 Å². The van der Waals surface area contributed by atoms with Crippen LogP contribution >= 0.6 is 0 Å². The molecular formula is C12H22N2O2. The molecule has 1 atom stereocenters. The molecule has 1 saturated heterocycles. The van der Waals surface area contributed by atoms with E-state index in [0.29, 0.717) is 6.54 Å². The Morgan fingerprint density at radius 1 is 1.44 bits per heavy atom. The van der Waals surface area contributed by atoms with Crippen LogP contribution < -0.4 is 5.32 Å². The molecular weight excluding hydrogens is 204 g/mol. The summed E-state index contributed by atoms with van der Waals surface area (Å²) in [6.45, 7) is 1.40. The Morgan fingerprint density at radius 2 is 2.12 bits per heavy atom. The molecule has 0 radical (unpaired) electrons. The van der Waals surface area contributed by atoms with E-state index in [1.807, 2.05) is 7.05 Å². The van der Waals surface area contributed by atoms with Crippen molar-refractivity contribution in [2.45, 2.75) is 50.2 Å². The van der Waals surface area contributed by atoms with Crippen LogP contribution in [0.15, 0.2) is 0 Å². The van der Waals surface area contributed by atoms with Gasteiger partial charge in [0.05, 0.1) is 11.6 Å². The molecule has 1 heterocycles. The maximum atomic E-state index is 11.7. The topological polar surface area (TPSA) is 52.6 Å². The second-order valence-corrected chi connectivity index (χ2v) is 5.27. The summed E-state index contributed by atoms with van der Waals surface area (Å²) in [4.78, 5) is 13.4. The van der Waals surface area contributed by atoms with Gasteiger partial charge in [0.2, 0.25) is 5.91 Å². The molecule has 2 N–H and O–H groups in total. The van der Waals surface area contributed by atoms with E-state index in [1.54, 1.807) is 4.90 Å². The van der Waals surface area contributed by atoms with Crippen molar-refractivity contribution in [2.24, 2.45) is 0 Å². The lowest BCUT2D eigenvalue weighted by molar-refractivity contribution is -0.128. The molecule has 4 nitrogen and oxygen atoms in total. The summed E-state index contributed by atoms with van der Waals surface area (Å²) in [5, 5.41) is 13.5. The zero-order chi connectivity index (χ0) is 11.6. The molecule has 2 aliphatic rings. The van der Waals surface area contributed by atoms with Crippen molar-refractivity contribution in [1.29, 1.82) is 0 Å². The molecule has 92 valence electrons. The molecule has 16 heavy (non-hydrogen) atoms. The van der Waals surface area contributed by atoms with E-state index in [4.69, 9.17) is 0 Å². The molecule has 0 aromatic heterocycles. The summed E-state index contributed by atoms with van der Waals surface area (Å²) in [6.07, 6.45) is 6.06. The lowest BCUT2D eigenvalue weighted by Crippen LogP contribution is -2.47. The highest BCUT2D eigenvalue weighted by atomic mass is 16.3. The van der Waals surface area contributed by atoms with Crippen LogP contribution in [0.3, 0.4) is 0 Å². The zero-order valence-electron chi connectivity index (χ0n) is 10.0. The van der Waals surface area contributed by atoms with Gasteiger partial charge in [0.25, 0.3) is 0 Å². The Kier molecular flexibility index (Phi) is 3.50. The Hall–Kier alpha value is -0.610.